The molecule has 0 fully saturated rings. The van der Waals surface area contributed by atoms with Crippen molar-refractivity contribution in [2.24, 2.45) is 0 Å². The Labute approximate surface area is 93.4 Å². The summed E-state index contributed by atoms with van der Waals surface area (Å²) in [5.74, 6) is -0.00000110. The minimum atomic E-state index is -2.19. The van der Waals surface area contributed by atoms with Gasteiger partial charge in [-0.15, -0.1) is 11.8 Å². The van der Waals surface area contributed by atoms with Gasteiger partial charge in [-0.25, -0.2) is 8.78 Å². The average Bonchev–Trinajstić information content (AvgIpc) is 2.15. The Hall–Kier alpha value is -0.320. The van der Waals surface area contributed by atoms with E-state index in [9.17, 15) is 13.6 Å². The van der Waals surface area contributed by atoms with E-state index in [1.807, 2.05) is 0 Å². The van der Waals surface area contributed by atoms with Gasteiger partial charge in [-0.2, -0.15) is 0 Å². The van der Waals surface area contributed by atoms with Gasteiger partial charge in [0.15, 0.2) is 0 Å². The fourth-order valence-corrected chi connectivity index (χ4v) is 1.95. The highest BCUT2D eigenvalue weighted by molar-refractivity contribution is 8.00. The lowest BCUT2D eigenvalue weighted by Crippen LogP contribution is -2.11. The van der Waals surface area contributed by atoms with Crippen LogP contribution in [-0.2, 0) is 4.79 Å². The second-order valence-electron chi connectivity index (χ2n) is 3.45. The first-order valence-electron chi connectivity index (χ1n) is 5.16. The first-order chi connectivity index (χ1) is 7.04. The molecule has 0 rings (SSSR count). The van der Waals surface area contributed by atoms with Crippen molar-refractivity contribution in [3.8, 4) is 0 Å². The van der Waals surface area contributed by atoms with Gasteiger partial charge < -0.3 is 5.11 Å². The molecule has 0 saturated heterocycles. The zero-order valence-corrected chi connectivity index (χ0v) is 9.73. The van der Waals surface area contributed by atoms with Crippen LogP contribution < -0.4 is 0 Å². The van der Waals surface area contributed by atoms with Gasteiger partial charge >= 0.3 is 5.97 Å². The zero-order valence-electron chi connectivity index (χ0n) is 8.92. The molecule has 0 aliphatic rings. The fraction of sp³-hybridized carbons (Fsp3) is 0.900. The molecule has 0 spiro atoms. The number of thioether (sulfide) groups is 1. The second kappa shape index (κ2) is 8.95. The number of unbranched alkanes of at least 4 members (excludes halogenated alkanes) is 3. The molecule has 0 amide bonds. The van der Waals surface area contributed by atoms with Crippen LogP contribution in [0.3, 0.4) is 0 Å². The Bertz CT molecular complexity index is 177. The summed E-state index contributed by atoms with van der Waals surface area (Å²) < 4.78 is 23.5. The number of halogens is 2. The average molecular weight is 240 g/mol. The van der Waals surface area contributed by atoms with Crippen molar-refractivity contribution in [3.05, 3.63) is 0 Å². The molecule has 5 heteroatoms. The number of alkyl halides is 2. The quantitative estimate of drug-likeness (QED) is 0.627. The minimum Gasteiger partial charge on any atom is -0.480 e. The van der Waals surface area contributed by atoms with Crippen LogP contribution in [0.2, 0.25) is 0 Å². The maximum absolute atomic E-state index is 11.7. The van der Waals surface area contributed by atoms with Gasteiger partial charge in [-0.1, -0.05) is 12.8 Å². The van der Waals surface area contributed by atoms with Crippen molar-refractivity contribution in [1.82, 2.24) is 0 Å². The van der Waals surface area contributed by atoms with Crippen LogP contribution in [0, 0.1) is 0 Å². The lowest BCUT2D eigenvalue weighted by molar-refractivity contribution is -0.136. The van der Waals surface area contributed by atoms with E-state index < -0.39 is 12.4 Å². The maximum atomic E-state index is 11.7. The van der Waals surface area contributed by atoms with Crippen LogP contribution in [0.1, 0.15) is 39.0 Å². The molecule has 0 heterocycles. The summed E-state index contributed by atoms with van der Waals surface area (Å²) in [4.78, 5) is 10.4. The Morgan fingerprint density at radius 2 is 1.87 bits per heavy atom. The van der Waals surface area contributed by atoms with Gasteiger partial charge in [0.1, 0.15) is 0 Å². The van der Waals surface area contributed by atoms with Crippen LogP contribution in [0.5, 0.6) is 0 Å². The third kappa shape index (κ3) is 9.97. The Balaban J connectivity index is 3.15. The molecule has 0 radical (unpaired) electrons. The van der Waals surface area contributed by atoms with E-state index in [1.165, 1.54) is 11.8 Å². The van der Waals surface area contributed by atoms with Gasteiger partial charge in [0, 0.05) is 6.42 Å². The molecule has 90 valence electrons. The fourth-order valence-electron chi connectivity index (χ4n) is 1.09. The highest BCUT2D eigenvalue weighted by Gasteiger charge is 2.09. The first kappa shape index (κ1) is 14.7. The lowest BCUT2D eigenvalue weighted by Gasteiger charge is -2.05. The topological polar surface area (TPSA) is 37.3 Å². The van der Waals surface area contributed by atoms with Crippen LogP contribution in [-0.4, -0.2) is 28.5 Å². The van der Waals surface area contributed by atoms with Crippen molar-refractivity contribution < 1.29 is 18.7 Å². The number of hydrogen-bond donors (Lipinski definition) is 1. The second-order valence-corrected chi connectivity index (χ2v) is 4.89. The van der Waals surface area contributed by atoms with E-state index in [1.54, 1.807) is 6.92 Å². The van der Waals surface area contributed by atoms with Crippen molar-refractivity contribution >= 4 is 17.7 Å². The summed E-state index contributed by atoms with van der Waals surface area (Å²) in [5.41, 5.74) is 0. The molecule has 2 nitrogen and oxygen atoms in total. The maximum Gasteiger partial charge on any atom is 0.316 e. The number of hydrogen-bond acceptors (Lipinski definition) is 2. The molecule has 15 heavy (non-hydrogen) atoms. The summed E-state index contributed by atoms with van der Waals surface area (Å²) in [6.45, 7) is 1.66. The van der Waals surface area contributed by atoms with Crippen LogP contribution in [0.15, 0.2) is 0 Å². The van der Waals surface area contributed by atoms with E-state index in [0.717, 1.165) is 25.0 Å². The number of carboxylic acids is 1. The number of aliphatic carboxylic acids is 1. The predicted molar refractivity (Wildman–Crippen MR) is 58.6 cm³/mol. The molecule has 0 aliphatic heterocycles. The van der Waals surface area contributed by atoms with Crippen LogP contribution in [0.4, 0.5) is 8.78 Å². The summed E-state index contributed by atoms with van der Waals surface area (Å²) in [6.07, 6.45) is 0.991. The molecule has 0 saturated carbocycles. The number of carboxylic acid groups (broad SMARTS) is 1. The summed E-state index contributed by atoms with van der Waals surface area (Å²) in [5, 5.41) is 8.21. The van der Waals surface area contributed by atoms with Gasteiger partial charge in [0.25, 0.3) is 0 Å². The minimum absolute atomic E-state index is 0.0152. The number of carbonyl (C=O) groups is 1. The normalized spacial score (nSPS) is 13.1. The highest BCUT2D eigenvalue weighted by atomic mass is 32.2. The molecule has 0 aromatic rings. The summed E-state index contributed by atoms with van der Waals surface area (Å²) >= 11 is 1.40. The Kier molecular flexibility index (Phi) is 8.76. The largest absolute Gasteiger partial charge is 0.480 e. The molecule has 0 aromatic heterocycles. The Morgan fingerprint density at radius 3 is 2.40 bits per heavy atom. The SMILES string of the molecule is CC(SCCCCCCC(F)F)C(=O)O. The smallest absolute Gasteiger partial charge is 0.316 e. The van der Waals surface area contributed by atoms with Crippen molar-refractivity contribution in [3.63, 3.8) is 0 Å². The van der Waals surface area contributed by atoms with Gasteiger partial charge in [-0.3, -0.25) is 4.79 Å². The monoisotopic (exact) mass is 240 g/mol. The van der Waals surface area contributed by atoms with E-state index in [2.05, 4.69) is 0 Å². The van der Waals surface area contributed by atoms with E-state index >= 15 is 0 Å². The van der Waals surface area contributed by atoms with Gasteiger partial charge in [0.2, 0.25) is 6.43 Å². The highest BCUT2D eigenvalue weighted by Crippen LogP contribution is 2.15. The predicted octanol–water partition coefficient (Wildman–Crippen LogP) is 3.41. The molecular weight excluding hydrogens is 222 g/mol. The van der Waals surface area contributed by atoms with E-state index in [0.29, 0.717) is 6.42 Å². The van der Waals surface area contributed by atoms with Gasteiger partial charge in [0.05, 0.1) is 5.25 Å². The van der Waals surface area contributed by atoms with Gasteiger partial charge in [-0.05, 0) is 25.5 Å². The number of rotatable bonds is 9. The van der Waals surface area contributed by atoms with Crippen molar-refractivity contribution in [2.75, 3.05) is 5.75 Å². The first-order valence-corrected chi connectivity index (χ1v) is 6.21. The molecular formula is C10H18F2O2S. The van der Waals surface area contributed by atoms with E-state index in [4.69, 9.17) is 5.11 Å². The molecule has 0 bridgehead atoms. The van der Waals surface area contributed by atoms with Crippen molar-refractivity contribution in [1.29, 1.82) is 0 Å². The molecule has 1 unspecified atom stereocenters. The van der Waals surface area contributed by atoms with E-state index in [-0.39, 0.29) is 11.7 Å². The summed E-state index contributed by atoms with van der Waals surface area (Å²) in [6, 6.07) is 0. The van der Waals surface area contributed by atoms with Crippen LogP contribution in [0.25, 0.3) is 0 Å². The molecule has 1 atom stereocenters. The third-order valence-corrected chi connectivity index (χ3v) is 3.26. The molecule has 1 N–H and O–H groups in total. The Morgan fingerprint density at radius 1 is 1.27 bits per heavy atom. The third-order valence-electron chi connectivity index (χ3n) is 2.03. The molecule has 0 aliphatic carbocycles. The zero-order chi connectivity index (χ0) is 11.7. The van der Waals surface area contributed by atoms with Crippen molar-refractivity contribution in [2.45, 2.75) is 50.7 Å². The molecule has 0 aromatic carbocycles. The lowest BCUT2D eigenvalue weighted by atomic mass is 10.2. The standard InChI is InChI=1S/C10H18F2O2S/c1-8(10(13)14)15-7-5-3-2-4-6-9(11)12/h8-9H,2-7H2,1H3,(H,13,14). The van der Waals surface area contributed by atoms with Crippen LogP contribution >= 0.6 is 11.8 Å². The summed E-state index contributed by atoms with van der Waals surface area (Å²) in [7, 11) is 0.